The molecular weight excluding hydrogens is 489 g/mol. The van der Waals surface area contributed by atoms with Crippen LogP contribution in [0.15, 0.2) is 48.5 Å². The Morgan fingerprint density at radius 1 is 0.973 bits per heavy atom. The zero-order chi connectivity index (χ0) is 26.6. The molecule has 2 aliphatic heterocycles. The van der Waals surface area contributed by atoms with Crippen LogP contribution in [0.25, 0.3) is 0 Å². The highest BCUT2D eigenvalue weighted by molar-refractivity contribution is 6.03. The predicted octanol–water partition coefficient (Wildman–Crippen LogP) is 3.61. The number of halogens is 3. The lowest BCUT2D eigenvalue weighted by molar-refractivity contribution is -0.139. The monoisotopic (exact) mass is 518 g/mol. The third-order valence-corrected chi connectivity index (χ3v) is 6.62. The van der Waals surface area contributed by atoms with E-state index in [1.807, 2.05) is 4.90 Å². The van der Waals surface area contributed by atoms with Crippen molar-refractivity contribution in [1.29, 1.82) is 0 Å². The van der Waals surface area contributed by atoms with Gasteiger partial charge in [-0.2, -0.15) is 13.2 Å². The average molecular weight is 519 g/mol. The second-order valence-corrected chi connectivity index (χ2v) is 9.38. The van der Waals surface area contributed by atoms with Crippen molar-refractivity contribution in [3.8, 4) is 0 Å². The maximum absolute atomic E-state index is 13.1. The number of hydrogen-bond acceptors (Lipinski definition) is 5. The van der Waals surface area contributed by atoms with E-state index in [-0.39, 0.29) is 24.3 Å². The zero-order valence-electron chi connectivity index (χ0n) is 20.4. The van der Waals surface area contributed by atoms with Crippen molar-refractivity contribution in [3.05, 3.63) is 59.7 Å². The number of nitrogens with zero attached hydrogens (tertiary/aromatic N) is 2. The number of morpholine rings is 1. The van der Waals surface area contributed by atoms with Gasteiger partial charge in [0, 0.05) is 38.8 Å². The molecule has 2 aliphatic rings. The summed E-state index contributed by atoms with van der Waals surface area (Å²) in [4.78, 5) is 40.9. The number of para-hydroxylation sites is 1. The fourth-order valence-corrected chi connectivity index (χ4v) is 4.76. The fourth-order valence-electron chi connectivity index (χ4n) is 4.76. The van der Waals surface area contributed by atoms with Gasteiger partial charge in [0.05, 0.1) is 35.6 Å². The smallest absolute Gasteiger partial charge is 0.372 e. The quantitative estimate of drug-likeness (QED) is 0.631. The molecule has 8 nitrogen and oxygen atoms in total. The standard InChI is InChI=1S/C26H29F3N4O4/c1-18(34)30-22-5-3-2-4-21(22)24(36)33-12-10-25(11-13-33)17-32(14-15-37-25)16-23(35)31-20-8-6-19(7-9-20)26(27,28)29/h2-9H,10-17H2,1H3,(H,30,34)(H,31,35). The van der Waals surface area contributed by atoms with Gasteiger partial charge in [0.2, 0.25) is 11.8 Å². The summed E-state index contributed by atoms with van der Waals surface area (Å²) in [7, 11) is 0. The molecule has 11 heteroatoms. The van der Waals surface area contributed by atoms with Crippen molar-refractivity contribution in [1.82, 2.24) is 9.80 Å². The number of carbonyl (C=O) groups is 3. The Balaban J connectivity index is 1.31. The van der Waals surface area contributed by atoms with Crippen LogP contribution in [0, 0.1) is 0 Å². The maximum atomic E-state index is 13.1. The molecule has 2 aromatic rings. The first-order valence-electron chi connectivity index (χ1n) is 12.0. The van der Waals surface area contributed by atoms with Gasteiger partial charge in [-0.05, 0) is 49.2 Å². The van der Waals surface area contributed by atoms with Gasteiger partial charge >= 0.3 is 6.18 Å². The van der Waals surface area contributed by atoms with Gasteiger partial charge in [0.1, 0.15) is 0 Å². The highest BCUT2D eigenvalue weighted by Gasteiger charge is 2.41. The number of rotatable bonds is 5. The molecule has 2 fully saturated rings. The summed E-state index contributed by atoms with van der Waals surface area (Å²) < 4.78 is 44.3. The number of hydrogen-bond donors (Lipinski definition) is 2. The molecule has 0 aliphatic carbocycles. The lowest BCUT2D eigenvalue weighted by atomic mass is 9.89. The van der Waals surface area contributed by atoms with E-state index >= 15 is 0 Å². The Kier molecular flexibility index (Phi) is 7.84. The zero-order valence-corrected chi connectivity index (χ0v) is 20.4. The Hall–Kier alpha value is -3.44. The molecule has 37 heavy (non-hydrogen) atoms. The van der Waals surface area contributed by atoms with E-state index in [1.165, 1.54) is 19.1 Å². The van der Waals surface area contributed by atoms with Gasteiger partial charge in [-0.3, -0.25) is 19.3 Å². The number of benzene rings is 2. The molecule has 0 bridgehead atoms. The Labute approximate surface area is 212 Å². The normalized spacial score (nSPS) is 17.9. The van der Waals surface area contributed by atoms with Gasteiger partial charge in [-0.25, -0.2) is 0 Å². The van der Waals surface area contributed by atoms with Crippen molar-refractivity contribution < 1.29 is 32.3 Å². The molecule has 2 aromatic carbocycles. The largest absolute Gasteiger partial charge is 0.416 e. The fraction of sp³-hybridized carbons (Fsp3) is 0.423. The van der Waals surface area contributed by atoms with Gasteiger partial charge in [0.25, 0.3) is 5.91 Å². The molecule has 0 atom stereocenters. The maximum Gasteiger partial charge on any atom is 0.416 e. The molecule has 3 amide bonds. The number of alkyl halides is 3. The molecule has 4 rings (SSSR count). The van der Waals surface area contributed by atoms with Crippen LogP contribution < -0.4 is 10.6 Å². The number of nitrogens with one attached hydrogen (secondary N) is 2. The minimum Gasteiger partial charge on any atom is -0.372 e. The third kappa shape index (κ3) is 6.66. The van der Waals surface area contributed by atoms with Crippen LogP contribution in [0.2, 0.25) is 0 Å². The summed E-state index contributed by atoms with van der Waals surface area (Å²) in [5.41, 5.74) is -0.0588. The second-order valence-electron chi connectivity index (χ2n) is 9.38. The molecular formula is C26H29F3N4O4. The van der Waals surface area contributed by atoms with Gasteiger partial charge in [0.15, 0.2) is 0 Å². The first-order chi connectivity index (χ1) is 17.5. The summed E-state index contributed by atoms with van der Waals surface area (Å²) in [6.45, 7) is 3.91. The molecule has 2 heterocycles. The second kappa shape index (κ2) is 10.9. The van der Waals surface area contributed by atoms with E-state index in [4.69, 9.17) is 4.74 Å². The molecule has 198 valence electrons. The van der Waals surface area contributed by atoms with Gasteiger partial charge in [-0.1, -0.05) is 12.1 Å². The van der Waals surface area contributed by atoms with Crippen LogP contribution >= 0.6 is 0 Å². The number of anilines is 2. The minimum absolute atomic E-state index is 0.0822. The van der Waals surface area contributed by atoms with Crippen LogP contribution in [0.1, 0.15) is 35.7 Å². The first kappa shape index (κ1) is 26.6. The molecule has 0 unspecified atom stereocenters. The average Bonchev–Trinajstić information content (AvgIpc) is 2.84. The predicted molar refractivity (Wildman–Crippen MR) is 131 cm³/mol. The Morgan fingerprint density at radius 3 is 2.30 bits per heavy atom. The number of likely N-dealkylation sites (tertiary alicyclic amines) is 1. The summed E-state index contributed by atoms with van der Waals surface area (Å²) in [5.74, 6) is -0.738. The molecule has 0 radical (unpaired) electrons. The van der Waals surface area contributed by atoms with Crippen molar-refractivity contribution >= 4 is 29.1 Å². The van der Waals surface area contributed by atoms with Crippen molar-refractivity contribution in [3.63, 3.8) is 0 Å². The van der Waals surface area contributed by atoms with Crippen molar-refractivity contribution in [2.45, 2.75) is 31.5 Å². The number of ether oxygens (including phenoxy) is 1. The van der Waals surface area contributed by atoms with E-state index in [2.05, 4.69) is 10.6 Å². The lowest BCUT2D eigenvalue weighted by Gasteiger charge is -2.47. The van der Waals surface area contributed by atoms with Crippen LogP contribution in [0.4, 0.5) is 24.5 Å². The van der Waals surface area contributed by atoms with Crippen LogP contribution in [-0.4, -0.2) is 72.5 Å². The van der Waals surface area contributed by atoms with Gasteiger partial charge in [-0.15, -0.1) is 0 Å². The highest BCUT2D eigenvalue weighted by atomic mass is 19.4. The van der Waals surface area contributed by atoms with Crippen LogP contribution in [0.5, 0.6) is 0 Å². The van der Waals surface area contributed by atoms with E-state index in [1.54, 1.807) is 29.2 Å². The lowest BCUT2D eigenvalue weighted by Crippen LogP contribution is -2.58. The summed E-state index contributed by atoms with van der Waals surface area (Å²) in [5, 5.41) is 5.34. The van der Waals surface area contributed by atoms with Crippen molar-refractivity contribution in [2.75, 3.05) is 50.0 Å². The summed E-state index contributed by atoms with van der Waals surface area (Å²) >= 11 is 0. The van der Waals surface area contributed by atoms with Gasteiger partial charge < -0.3 is 20.3 Å². The number of carbonyl (C=O) groups excluding carboxylic acids is 3. The van der Waals surface area contributed by atoms with E-state index in [0.29, 0.717) is 62.6 Å². The SMILES string of the molecule is CC(=O)Nc1ccccc1C(=O)N1CCC2(CC1)CN(CC(=O)Nc1ccc(C(F)(F)F)cc1)CCO2. The van der Waals surface area contributed by atoms with E-state index in [9.17, 15) is 27.6 Å². The Morgan fingerprint density at radius 2 is 1.65 bits per heavy atom. The number of amides is 3. The van der Waals surface area contributed by atoms with E-state index in [0.717, 1.165) is 12.1 Å². The highest BCUT2D eigenvalue weighted by Crippen LogP contribution is 2.32. The van der Waals surface area contributed by atoms with E-state index < -0.39 is 17.3 Å². The molecule has 0 aromatic heterocycles. The summed E-state index contributed by atoms with van der Waals surface area (Å²) in [6.07, 6.45) is -3.24. The summed E-state index contributed by atoms with van der Waals surface area (Å²) in [6, 6.07) is 11.2. The topological polar surface area (TPSA) is 91.0 Å². The third-order valence-electron chi connectivity index (χ3n) is 6.62. The molecule has 1 spiro atoms. The first-order valence-corrected chi connectivity index (χ1v) is 12.0. The molecule has 2 N–H and O–H groups in total. The number of piperidine rings is 1. The Bertz CT molecular complexity index is 1150. The van der Waals surface area contributed by atoms with Crippen molar-refractivity contribution in [2.24, 2.45) is 0 Å². The van der Waals surface area contributed by atoms with Crippen LogP contribution in [-0.2, 0) is 20.5 Å². The molecule has 0 saturated carbocycles. The van der Waals surface area contributed by atoms with Crippen LogP contribution in [0.3, 0.4) is 0 Å². The minimum atomic E-state index is -4.43. The molecule has 2 saturated heterocycles.